The Bertz CT molecular complexity index is 1050. The summed E-state index contributed by atoms with van der Waals surface area (Å²) in [6.45, 7) is 2.00. The summed E-state index contributed by atoms with van der Waals surface area (Å²) in [6, 6.07) is 17.4. The number of nitrogens with zero attached hydrogens (tertiary/aromatic N) is 4. The molecular formula is C19H17N5O2S2. The second kappa shape index (κ2) is 8.41. The van der Waals surface area contributed by atoms with Crippen LogP contribution in [0.4, 0.5) is 10.8 Å². The number of nitrogens with one attached hydrogen (secondary N) is 1. The molecule has 0 amide bonds. The van der Waals surface area contributed by atoms with Crippen molar-refractivity contribution in [1.82, 2.24) is 20.3 Å². The van der Waals surface area contributed by atoms with Crippen LogP contribution in [0, 0.1) is 0 Å². The highest BCUT2D eigenvalue weighted by atomic mass is 32.2. The molecule has 142 valence electrons. The van der Waals surface area contributed by atoms with E-state index in [1.54, 1.807) is 7.11 Å². The van der Waals surface area contributed by atoms with E-state index < -0.39 is 0 Å². The average molecular weight is 412 g/mol. The molecule has 1 N–H and O–H groups in total. The zero-order valence-electron chi connectivity index (χ0n) is 15.2. The average Bonchev–Trinajstić information content (AvgIpc) is 3.39. The minimum Gasteiger partial charge on any atom is -0.495 e. The van der Waals surface area contributed by atoms with E-state index in [9.17, 15) is 0 Å². The van der Waals surface area contributed by atoms with Crippen LogP contribution in [0.5, 0.6) is 5.75 Å². The van der Waals surface area contributed by atoms with Gasteiger partial charge in [-0.3, -0.25) is 0 Å². The molecule has 9 heteroatoms. The number of hydrogen-bond donors (Lipinski definition) is 1. The van der Waals surface area contributed by atoms with Gasteiger partial charge in [0.2, 0.25) is 16.8 Å². The Morgan fingerprint density at radius 2 is 1.86 bits per heavy atom. The molecular weight excluding hydrogens is 394 g/mol. The van der Waals surface area contributed by atoms with Crippen molar-refractivity contribution in [2.45, 2.75) is 16.5 Å². The van der Waals surface area contributed by atoms with Crippen molar-refractivity contribution in [2.24, 2.45) is 0 Å². The zero-order chi connectivity index (χ0) is 19.3. The monoisotopic (exact) mass is 411 g/mol. The van der Waals surface area contributed by atoms with E-state index in [-0.39, 0.29) is 5.25 Å². The van der Waals surface area contributed by atoms with Gasteiger partial charge in [0.15, 0.2) is 4.34 Å². The Hall–Kier alpha value is -2.91. The largest absolute Gasteiger partial charge is 0.495 e. The number of thioether (sulfide) groups is 1. The standard InChI is InChI=1S/C19H17N5O2S2/c1-12(17-21-16(24-26-17)13-8-4-3-5-9-13)27-19-23-22-18(28-19)20-14-10-6-7-11-15(14)25-2/h3-12H,1-2H3,(H,20,22). The highest BCUT2D eigenvalue weighted by molar-refractivity contribution is 8.01. The summed E-state index contributed by atoms with van der Waals surface area (Å²) < 4.78 is 11.6. The molecule has 1 unspecified atom stereocenters. The smallest absolute Gasteiger partial charge is 0.240 e. The maximum absolute atomic E-state index is 5.43. The maximum Gasteiger partial charge on any atom is 0.240 e. The molecule has 0 spiro atoms. The van der Waals surface area contributed by atoms with Gasteiger partial charge in [-0.1, -0.05) is 70.7 Å². The van der Waals surface area contributed by atoms with Gasteiger partial charge in [-0.15, -0.1) is 10.2 Å². The van der Waals surface area contributed by atoms with E-state index in [1.165, 1.54) is 23.1 Å². The Balaban J connectivity index is 1.43. The van der Waals surface area contributed by atoms with E-state index in [0.717, 1.165) is 21.3 Å². The van der Waals surface area contributed by atoms with Gasteiger partial charge in [-0.2, -0.15) is 4.98 Å². The lowest BCUT2D eigenvalue weighted by Crippen LogP contribution is -1.93. The van der Waals surface area contributed by atoms with Gasteiger partial charge in [-0.25, -0.2) is 0 Å². The van der Waals surface area contributed by atoms with Crippen LogP contribution < -0.4 is 10.1 Å². The SMILES string of the molecule is COc1ccccc1Nc1nnc(SC(C)c2nc(-c3ccccc3)no2)s1. The lowest BCUT2D eigenvalue weighted by molar-refractivity contribution is 0.381. The first kappa shape index (κ1) is 18.5. The van der Waals surface area contributed by atoms with E-state index >= 15 is 0 Å². The quantitative estimate of drug-likeness (QED) is 0.416. The van der Waals surface area contributed by atoms with Crippen LogP contribution in [-0.2, 0) is 0 Å². The van der Waals surface area contributed by atoms with Crippen LogP contribution in [-0.4, -0.2) is 27.4 Å². The van der Waals surface area contributed by atoms with Gasteiger partial charge in [0.1, 0.15) is 5.75 Å². The number of methoxy groups -OCH3 is 1. The predicted molar refractivity (Wildman–Crippen MR) is 110 cm³/mol. The molecule has 4 aromatic rings. The topological polar surface area (TPSA) is 86.0 Å². The fourth-order valence-electron chi connectivity index (χ4n) is 2.48. The summed E-state index contributed by atoms with van der Waals surface area (Å²) in [5, 5.41) is 16.4. The molecule has 7 nitrogen and oxygen atoms in total. The molecule has 1 atom stereocenters. The molecule has 0 fully saturated rings. The summed E-state index contributed by atoms with van der Waals surface area (Å²) >= 11 is 2.98. The molecule has 0 radical (unpaired) electrons. The van der Waals surface area contributed by atoms with Crippen molar-refractivity contribution < 1.29 is 9.26 Å². The van der Waals surface area contributed by atoms with Crippen LogP contribution in [0.3, 0.4) is 0 Å². The number of hydrogen-bond acceptors (Lipinski definition) is 9. The van der Waals surface area contributed by atoms with Gasteiger partial charge >= 0.3 is 0 Å². The molecule has 0 aliphatic heterocycles. The second-order valence-electron chi connectivity index (χ2n) is 5.78. The van der Waals surface area contributed by atoms with Gasteiger partial charge in [-0.05, 0) is 19.1 Å². The molecule has 0 saturated heterocycles. The summed E-state index contributed by atoms with van der Waals surface area (Å²) in [4.78, 5) is 4.50. The van der Waals surface area contributed by atoms with E-state index in [1.807, 2.05) is 61.5 Å². The molecule has 0 saturated carbocycles. The number of aromatic nitrogens is 4. The van der Waals surface area contributed by atoms with Crippen LogP contribution in [0.25, 0.3) is 11.4 Å². The highest BCUT2D eigenvalue weighted by Gasteiger charge is 2.19. The number of ether oxygens (including phenoxy) is 1. The van der Waals surface area contributed by atoms with Crippen molar-refractivity contribution in [3.63, 3.8) is 0 Å². The maximum atomic E-state index is 5.43. The van der Waals surface area contributed by atoms with Crippen molar-refractivity contribution >= 4 is 33.9 Å². The molecule has 28 heavy (non-hydrogen) atoms. The van der Waals surface area contributed by atoms with Crippen LogP contribution in [0.2, 0.25) is 0 Å². The minimum absolute atomic E-state index is 0.0444. The summed E-state index contributed by atoms with van der Waals surface area (Å²) in [6.07, 6.45) is 0. The predicted octanol–water partition coefficient (Wildman–Crippen LogP) is 5.19. The fraction of sp³-hybridized carbons (Fsp3) is 0.158. The lowest BCUT2D eigenvalue weighted by Gasteiger charge is -2.07. The van der Waals surface area contributed by atoms with Gasteiger partial charge in [0.05, 0.1) is 18.0 Å². The molecule has 4 rings (SSSR count). The molecule has 0 aliphatic rings. The summed E-state index contributed by atoms with van der Waals surface area (Å²) in [5.74, 6) is 1.89. The molecule has 2 aromatic heterocycles. The van der Waals surface area contributed by atoms with E-state index in [2.05, 4.69) is 25.7 Å². The lowest BCUT2D eigenvalue weighted by atomic mass is 10.2. The molecule has 2 heterocycles. The van der Waals surface area contributed by atoms with Gasteiger partial charge in [0, 0.05) is 5.56 Å². The second-order valence-corrected chi connectivity index (χ2v) is 8.35. The number of benzene rings is 2. The third-order valence-corrected chi connectivity index (χ3v) is 5.86. The first-order valence-corrected chi connectivity index (χ1v) is 10.2. The normalized spacial score (nSPS) is 11.9. The van der Waals surface area contributed by atoms with Crippen LogP contribution in [0.1, 0.15) is 18.1 Å². The van der Waals surface area contributed by atoms with Crippen molar-refractivity contribution in [2.75, 3.05) is 12.4 Å². The highest BCUT2D eigenvalue weighted by Crippen LogP contribution is 2.38. The van der Waals surface area contributed by atoms with Crippen molar-refractivity contribution in [1.29, 1.82) is 0 Å². The Kier molecular flexibility index (Phi) is 5.54. The molecule has 0 aliphatic carbocycles. The Labute approximate surface area is 170 Å². The van der Waals surface area contributed by atoms with Gasteiger partial charge in [0.25, 0.3) is 0 Å². The fourth-order valence-corrected chi connectivity index (χ4v) is 4.42. The third-order valence-electron chi connectivity index (χ3n) is 3.85. The zero-order valence-corrected chi connectivity index (χ0v) is 16.8. The van der Waals surface area contributed by atoms with E-state index in [0.29, 0.717) is 16.8 Å². The molecule has 0 bridgehead atoms. The first-order valence-electron chi connectivity index (χ1n) is 8.52. The Morgan fingerprint density at radius 3 is 2.68 bits per heavy atom. The van der Waals surface area contributed by atoms with Crippen molar-refractivity contribution in [3.8, 4) is 17.1 Å². The third kappa shape index (κ3) is 4.15. The summed E-state index contributed by atoms with van der Waals surface area (Å²) in [7, 11) is 1.64. The first-order chi connectivity index (χ1) is 13.7. The number of para-hydroxylation sites is 2. The Morgan fingerprint density at radius 1 is 1.07 bits per heavy atom. The molecule has 2 aromatic carbocycles. The van der Waals surface area contributed by atoms with Gasteiger partial charge < -0.3 is 14.6 Å². The number of anilines is 2. The number of rotatable bonds is 7. The van der Waals surface area contributed by atoms with Crippen molar-refractivity contribution in [3.05, 3.63) is 60.5 Å². The minimum atomic E-state index is -0.0444. The van der Waals surface area contributed by atoms with Crippen LogP contribution in [0.15, 0.2) is 63.5 Å². The van der Waals surface area contributed by atoms with Crippen LogP contribution >= 0.6 is 23.1 Å². The van der Waals surface area contributed by atoms with E-state index in [4.69, 9.17) is 9.26 Å². The summed E-state index contributed by atoms with van der Waals surface area (Å²) in [5.41, 5.74) is 1.77.